The molecule has 94 valence electrons. The third kappa shape index (κ3) is 3.72. The number of benzene rings is 1. The minimum atomic E-state index is 0.743. The second-order valence-corrected chi connectivity index (χ2v) is 5.68. The molecule has 0 amide bonds. The predicted octanol–water partition coefficient (Wildman–Crippen LogP) is 3.75. The molecule has 1 aliphatic rings. The second-order valence-electron chi connectivity index (χ2n) is 5.37. The van der Waals surface area contributed by atoms with E-state index in [9.17, 15) is 0 Å². The van der Waals surface area contributed by atoms with Crippen LogP contribution < -0.4 is 0 Å². The number of rotatable bonds is 3. The molecule has 0 aromatic heterocycles. The van der Waals surface area contributed by atoms with E-state index in [0.717, 1.165) is 18.3 Å². The summed E-state index contributed by atoms with van der Waals surface area (Å²) in [5.41, 5.74) is 4.19. The number of hydrogen-bond acceptors (Lipinski definition) is 1. The summed E-state index contributed by atoms with van der Waals surface area (Å²) in [6, 6.07) is 6.85. The Hall–Kier alpha value is -0.530. The fraction of sp³-hybridized carbons (Fsp3) is 0.600. The van der Waals surface area contributed by atoms with Gasteiger partial charge >= 0.3 is 0 Å². The van der Waals surface area contributed by atoms with Crippen LogP contribution in [0.15, 0.2) is 18.2 Å². The maximum Gasteiger partial charge on any atom is 0.0252 e. The van der Waals surface area contributed by atoms with E-state index in [1.54, 1.807) is 0 Å². The molecule has 17 heavy (non-hydrogen) atoms. The van der Waals surface area contributed by atoms with E-state index >= 15 is 0 Å². The third-order valence-electron chi connectivity index (χ3n) is 3.61. The first-order chi connectivity index (χ1) is 8.17. The Morgan fingerprint density at radius 3 is 2.24 bits per heavy atom. The fourth-order valence-electron chi connectivity index (χ4n) is 2.72. The minimum Gasteiger partial charge on any atom is -0.299 e. The van der Waals surface area contributed by atoms with Crippen molar-refractivity contribution < 1.29 is 0 Å². The number of halogens is 1. The van der Waals surface area contributed by atoms with Gasteiger partial charge in [0.15, 0.2) is 0 Å². The van der Waals surface area contributed by atoms with Crippen LogP contribution in [-0.2, 0) is 6.54 Å². The van der Waals surface area contributed by atoms with Crippen molar-refractivity contribution in [2.45, 2.75) is 33.2 Å². The van der Waals surface area contributed by atoms with E-state index in [2.05, 4.69) is 36.9 Å². The summed E-state index contributed by atoms with van der Waals surface area (Å²) < 4.78 is 0. The highest BCUT2D eigenvalue weighted by Crippen LogP contribution is 2.20. The Kier molecular flexibility index (Phi) is 4.47. The summed E-state index contributed by atoms with van der Waals surface area (Å²) in [7, 11) is 0. The van der Waals surface area contributed by atoms with E-state index in [0.29, 0.717) is 0 Å². The van der Waals surface area contributed by atoms with Gasteiger partial charge in [0.1, 0.15) is 0 Å². The zero-order valence-corrected chi connectivity index (χ0v) is 11.6. The molecule has 0 aliphatic carbocycles. The predicted molar refractivity (Wildman–Crippen MR) is 74.6 cm³/mol. The molecule has 1 saturated heterocycles. The summed E-state index contributed by atoms with van der Waals surface area (Å²) in [5.74, 6) is 1.57. The molecular formula is C15H22ClN. The van der Waals surface area contributed by atoms with Gasteiger partial charge in [-0.25, -0.2) is 0 Å². The Morgan fingerprint density at radius 1 is 1.12 bits per heavy atom. The molecule has 0 spiro atoms. The van der Waals surface area contributed by atoms with Crippen LogP contribution in [0.3, 0.4) is 0 Å². The van der Waals surface area contributed by atoms with Crippen molar-refractivity contribution in [1.82, 2.24) is 4.90 Å². The highest BCUT2D eigenvalue weighted by molar-refractivity contribution is 6.18. The summed E-state index contributed by atoms with van der Waals surface area (Å²) in [6.07, 6.45) is 2.52. The van der Waals surface area contributed by atoms with Gasteiger partial charge in [-0.1, -0.05) is 29.3 Å². The number of hydrogen-bond donors (Lipinski definition) is 0. The lowest BCUT2D eigenvalue weighted by Crippen LogP contribution is -2.33. The first kappa shape index (κ1) is 12.9. The van der Waals surface area contributed by atoms with E-state index < -0.39 is 0 Å². The first-order valence-corrected chi connectivity index (χ1v) is 7.06. The third-order valence-corrected chi connectivity index (χ3v) is 4.05. The number of likely N-dealkylation sites (tertiary alicyclic amines) is 1. The molecule has 0 radical (unpaired) electrons. The maximum absolute atomic E-state index is 5.91. The van der Waals surface area contributed by atoms with Gasteiger partial charge in [-0.3, -0.25) is 4.90 Å². The summed E-state index contributed by atoms with van der Waals surface area (Å²) in [6.45, 7) is 7.85. The number of alkyl halides is 1. The lowest BCUT2D eigenvalue weighted by atomic mass is 9.98. The fourth-order valence-corrected chi connectivity index (χ4v) is 3.03. The van der Waals surface area contributed by atoms with Gasteiger partial charge in [0, 0.05) is 12.4 Å². The standard InChI is InChI=1S/C15H22ClN/c1-12-7-13(2)9-15(8-12)11-17-5-3-14(10-16)4-6-17/h7-9,14H,3-6,10-11H2,1-2H3. The Balaban J connectivity index is 1.93. The van der Waals surface area contributed by atoms with Gasteiger partial charge in [-0.05, 0) is 51.3 Å². The number of aryl methyl sites for hydroxylation is 2. The average molecular weight is 252 g/mol. The topological polar surface area (TPSA) is 3.24 Å². The van der Waals surface area contributed by atoms with Crippen LogP contribution in [-0.4, -0.2) is 23.9 Å². The van der Waals surface area contributed by atoms with E-state index in [1.165, 1.54) is 42.6 Å². The molecule has 0 atom stereocenters. The highest BCUT2D eigenvalue weighted by atomic mass is 35.5. The molecular weight excluding hydrogens is 230 g/mol. The van der Waals surface area contributed by atoms with Crippen molar-refractivity contribution in [2.75, 3.05) is 19.0 Å². The van der Waals surface area contributed by atoms with Gasteiger partial charge in [-0.15, -0.1) is 11.6 Å². The summed E-state index contributed by atoms with van der Waals surface area (Å²) >= 11 is 5.91. The lowest BCUT2D eigenvalue weighted by Gasteiger charge is -2.31. The highest BCUT2D eigenvalue weighted by Gasteiger charge is 2.18. The molecule has 0 bridgehead atoms. The van der Waals surface area contributed by atoms with Crippen LogP contribution in [0.1, 0.15) is 29.5 Å². The van der Waals surface area contributed by atoms with Gasteiger partial charge in [0.05, 0.1) is 0 Å². The van der Waals surface area contributed by atoms with Crippen LogP contribution in [0.5, 0.6) is 0 Å². The molecule has 0 unspecified atom stereocenters. The van der Waals surface area contributed by atoms with Gasteiger partial charge in [0.25, 0.3) is 0 Å². The molecule has 1 fully saturated rings. The van der Waals surface area contributed by atoms with Crippen LogP contribution in [0.4, 0.5) is 0 Å². The smallest absolute Gasteiger partial charge is 0.0252 e. The van der Waals surface area contributed by atoms with Crippen LogP contribution in [0, 0.1) is 19.8 Å². The Bertz CT molecular complexity index is 347. The average Bonchev–Trinajstić information content (AvgIpc) is 2.28. The van der Waals surface area contributed by atoms with E-state index in [1.807, 2.05) is 0 Å². The largest absolute Gasteiger partial charge is 0.299 e. The van der Waals surface area contributed by atoms with Crippen molar-refractivity contribution in [3.8, 4) is 0 Å². The molecule has 0 saturated carbocycles. The first-order valence-electron chi connectivity index (χ1n) is 6.53. The van der Waals surface area contributed by atoms with Crippen LogP contribution >= 0.6 is 11.6 Å². The summed E-state index contributed by atoms with van der Waals surface area (Å²) in [5, 5.41) is 0. The maximum atomic E-state index is 5.91. The van der Waals surface area contributed by atoms with Crippen molar-refractivity contribution in [3.63, 3.8) is 0 Å². The Morgan fingerprint density at radius 2 is 1.71 bits per heavy atom. The second kappa shape index (κ2) is 5.88. The number of nitrogens with zero attached hydrogens (tertiary/aromatic N) is 1. The van der Waals surface area contributed by atoms with Crippen molar-refractivity contribution >= 4 is 11.6 Å². The van der Waals surface area contributed by atoms with Crippen LogP contribution in [0.2, 0.25) is 0 Å². The summed E-state index contributed by atoms with van der Waals surface area (Å²) in [4.78, 5) is 2.55. The molecule has 0 N–H and O–H groups in total. The zero-order valence-electron chi connectivity index (χ0n) is 10.9. The van der Waals surface area contributed by atoms with Crippen molar-refractivity contribution in [2.24, 2.45) is 5.92 Å². The van der Waals surface area contributed by atoms with E-state index in [4.69, 9.17) is 11.6 Å². The molecule has 2 heteroatoms. The normalized spacial score (nSPS) is 18.5. The van der Waals surface area contributed by atoms with E-state index in [-0.39, 0.29) is 0 Å². The molecule has 1 aromatic carbocycles. The van der Waals surface area contributed by atoms with Crippen molar-refractivity contribution in [3.05, 3.63) is 34.9 Å². The number of piperidine rings is 1. The zero-order chi connectivity index (χ0) is 12.3. The molecule has 1 aliphatic heterocycles. The van der Waals surface area contributed by atoms with Crippen LogP contribution in [0.25, 0.3) is 0 Å². The van der Waals surface area contributed by atoms with Gasteiger partial charge in [-0.2, -0.15) is 0 Å². The SMILES string of the molecule is Cc1cc(C)cc(CN2CCC(CCl)CC2)c1. The van der Waals surface area contributed by atoms with Crippen molar-refractivity contribution in [1.29, 1.82) is 0 Å². The Labute approximate surface area is 110 Å². The van der Waals surface area contributed by atoms with Gasteiger partial charge in [0.2, 0.25) is 0 Å². The quantitative estimate of drug-likeness (QED) is 0.740. The minimum absolute atomic E-state index is 0.743. The molecule has 1 heterocycles. The monoisotopic (exact) mass is 251 g/mol. The molecule has 1 nitrogen and oxygen atoms in total. The lowest BCUT2D eigenvalue weighted by molar-refractivity contribution is 0.186. The molecule has 1 aromatic rings. The van der Waals surface area contributed by atoms with Gasteiger partial charge < -0.3 is 0 Å². The molecule has 2 rings (SSSR count).